The summed E-state index contributed by atoms with van der Waals surface area (Å²) in [6, 6.07) is 0. The molecular formula is C51H98NO8P. The van der Waals surface area contributed by atoms with Gasteiger partial charge >= 0.3 is 19.8 Å². The monoisotopic (exact) mass is 884 g/mol. The van der Waals surface area contributed by atoms with Crippen LogP contribution in [0.2, 0.25) is 0 Å². The molecule has 360 valence electrons. The van der Waals surface area contributed by atoms with Crippen LogP contribution in [-0.2, 0) is 32.7 Å². The van der Waals surface area contributed by atoms with Gasteiger partial charge in [0.15, 0.2) is 6.10 Å². The van der Waals surface area contributed by atoms with Crippen LogP contribution in [0.3, 0.4) is 0 Å². The molecule has 0 aliphatic heterocycles. The Morgan fingerprint density at radius 3 is 1.16 bits per heavy atom. The van der Waals surface area contributed by atoms with Crippen molar-refractivity contribution in [1.82, 2.24) is 0 Å². The lowest BCUT2D eigenvalue weighted by Gasteiger charge is -2.19. The van der Waals surface area contributed by atoms with E-state index in [2.05, 4.69) is 38.2 Å². The molecule has 0 amide bonds. The molecule has 2 atom stereocenters. The molecule has 0 fully saturated rings. The maximum absolute atomic E-state index is 12.6. The number of phosphoric ester groups is 1. The number of carbonyl (C=O) groups excluding carboxylic acids is 2. The van der Waals surface area contributed by atoms with Crippen molar-refractivity contribution in [2.24, 2.45) is 5.73 Å². The van der Waals surface area contributed by atoms with E-state index >= 15 is 0 Å². The molecule has 61 heavy (non-hydrogen) atoms. The van der Waals surface area contributed by atoms with E-state index in [4.69, 9.17) is 24.3 Å². The van der Waals surface area contributed by atoms with Gasteiger partial charge in [-0.05, 0) is 64.2 Å². The van der Waals surface area contributed by atoms with Crippen LogP contribution in [0.25, 0.3) is 0 Å². The fourth-order valence-corrected chi connectivity index (χ4v) is 8.21. The van der Waals surface area contributed by atoms with Gasteiger partial charge in [0.2, 0.25) is 0 Å². The van der Waals surface area contributed by atoms with Crippen molar-refractivity contribution in [3.05, 3.63) is 24.3 Å². The topological polar surface area (TPSA) is 134 Å². The molecule has 0 radical (unpaired) electrons. The van der Waals surface area contributed by atoms with Crippen LogP contribution in [0.5, 0.6) is 0 Å². The summed E-state index contributed by atoms with van der Waals surface area (Å²) in [4.78, 5) is 35.1. The normalized spacial score (nSPS) is 13.3. The number of esters is 2. The van der Waals surface area contributed by atoms with Crippen molar-refractivity contribution in [3.63, 3.8) is 0 Å². The molecule has 0 aliphatic rings. The molecule has 0 spiro atoms. The second-order valence-electron chi connectivity index (χ2n) is 17.4. The maximum Gasteiger partial charge on any atom is 0.472 e. The Labute approximate surface area is 376 Å². The van der Waals surface area contributed by atoms with E-state index in [0.717, 1.165) is 38.5 Å². The molecule has 0 saturated carbocycles. The van der Waals surface area contributed by atoms with Gasteiger partial charge in [-0.25, -0.2) is 4.57 Å². The number of allylic oxidation sites excluding steroid dienone is 4. The minimum absolute atomic E-state index is 0.0546. The Bertz CT molecular complexity index is 1050. The second-order valence-corrected chi connectivity index (χ2v) is 18.8. The van der Waals surface area contributed by atoms with Gasteiger partial charge in [0, 0.05) is 19.4 Å². The highest BCUT2D eigenvalue weighted by molar-refractivity contribution is 7.47. The molecule has 9 nitrogen and oxygen atoms in total. The predicted molar refractivity (Wildman–Crippen MR) is 257 cm³/mol. The number of carbonyl (C=O) groups is 2. The van der Waals surface area contributed by atoms with Crippen LogP contribution in [-0.4, -0.2) is 49.3 Å². The molecule has 1 unspecified atom stereocenters. The van der Waals surface area contributed by atoms with Crippen LogP contribution < -0.4 is 5.73 Å². The molecule has 0 aromatic rings. The summed E-state index contributed by atoms with van der Waals surface area (Å²) in [5, 5.41) is 0. The van der Waals surface area contributed by atoms with Crippen molar-refractivity contribution in [3.8, 4) is 0 Å². The van der Waals surface area contributed by atoms with Gasteiger partial charge in [-0.2, -0.15) is 0 Å². The molecule has 0 saturated heterocycles. The molecule has 0 bridgehead atoms. The first-order valence-corrected chi connectivity index (χ1v) is 27.3. The van der Waals surface area contributed by atoms with Crippen molar-refractivity contribution in [2.45, 2.75) is 264 Å². The summed E-state index contributed by atoms with van der Waals surface area (Å²) >= 11 is 0. The van der Waals surface area contributed by atoms with Gasteiger partial charge in [-0.15, -0.1) is 0 Å². The average molecular weight is 884 g/mol. The van der Waals surface area contributed by atoms with Gasteiger partial charge in [-0.3, -0.25) is 18.6 Å². The van der Waals surface area contributed by atoms with Crippen LogP contribution in [0.15, 0.2) is 24.3 Å². The first-order valence-electron chi connectivity index (χ1n) is 25.8. The summed E-state index contributed by atoms with van der Waals surface area (Å²) in [5.74, 6) is -0.820. The first-order chi connectivity index (χ1) is 29.8. The van der Waals surface area contributed by atoms with E-state index in [9.17, 15) is 19.0 Å². The molecule has 0 rings (SSSR count). The fourth-order valence-electron chi connectivity index (χ4n) is 7.45. The number of phosphoric acid groups is 1. The Hall–Kier alpha value is -1.51. The van der Waals surface area contributed by atoms with E-state index in [-0.39, 0.29) is 38.6 Å². The van der Waals surface area contributed by atoms with E-state index in [1.165, 1.54) is 186 Å². The number of hydrogen-bond acceptors (Lipinski definition) is 8. The minimum Gasteiger partial charge on any atom is -0.462 e. The second kappa shape index (κ2) is 48.0. The average Bonchev–Trinajstić information content (AvgIpc) is 3.25. The summed E-state index contributed by atoms with van der Waals surface area (Å²) in [5.41, 5.74) is 5.37. The van der Waals surface area contributed by atoms with Gasteiger partial charge in [0.1, 0.15) is 6.61 Å². The standard InChI is InChI=1S/C51H98NO8P/c1-3-5-7-9-11-13-15-17-19-21-23-24-26-27-29-31-33-35-37-39-41-43-50(53)57-47-49(48-59-61(55,56)58-46-45-52)60-51(54)44-42-40-38-36-34-32-30-28-25-22-20-18-16-14-12-10-8-6-4-2/h17-20,49H,3-16,21-48,52H2,1-2H3,(H,55,56)/t49-/m1/s1. The Morgan fingerprint density at radius 1 is 0.475 bits per heavy atom. The maximum atomic E-state index is 12.6. The number of nitrogens with two attached hydrogens (primary N) is 1. The quantitative estimate of drug-likeness (QED) is 0.0265. The van der Waals surface area contributed by atoms with Crippen LogP contribution >= 0.6 is 7.82 Å². The van der Waals surface area contributed by atoms with Crippen LogP contribution in [0, 0.1) is 0 Å². The molecule has 10 heteroatoms. The summed E-state index contributed by atoms with van der Waals surface area (Å²) in [7, 11) is -4.38. The van der Waals surface area contributed by atoms with Gasteiger partial charge in [0.25, 0.3) is 0 Å². The molecule has 0 aliphatic carbocycles. The molecule has 3 N–H and O–H groups in total. The molecule has 0 aromatic heterocycles. The van der Waals surface area contributed by atoms with Gasteiger partial charge in [-0.1, -0.05) is 205 Å². The van der Waals surface area contributed by atoms with E-state index in [1.807, 2.05) is 0 Å². The van der Waals surface area contributed by atoms with Gasteiger partial charge < -0.3 is 20.1 Å². The number of ether oxygens (including phenoxy) is 2. The third-order valence-electron chi connectivity index (χ3n) is 11.3. The lowest BCUT2D eigenvalue weighted by Crippen LogP contribution is -2.29. The number of unbranched alkanes of at least 4 members (excludes halogenated alkanes) is 32. The zero-order valence-corrected chi connectivity index (χ0v) is 40.8. The molecule has 0 heterocycles. The minimum atomic E-state index is -4.38. The van der Waals surface area contributed by atoms with Gasteiger partial charge in [0.05, 0.1) is 13.2 Å². The lowest BCUT2D eigenvalue weighted by molar-refractivity contribution is -0.161. The van der Waals surface area contributed by atoms with Crippen molar-refractivity contribution < 1.29 is 37.6 Å². The van der Waals surface area contributed by atoms with E-state index < -0.39 is 26.5 Å². The zero-order chi connectivity index (χ0) is 44.6. The van der Waals surface area contributed by atoms with Crippen LogP contribution in [0.1, 0.15) is 258 Å². The molecular weight excluding hydrogens is 786 g/mol. The van der Waals surface area contributed by atoms with Crippen molar-refractivity contribution in [1.29, 1.82) is 0 Å². The summed E-state index contributed by atoms with van der Waals surface area (Å²) < 4.78 is 32.9. The SMILES string of the molecule is CCCCCCCCC=CCCCCCCCCCCCCCC(=O)OC[C@H](COP(=O)(O)OCCN)OC(=O)CCCCCCCCCCCC=CCCCCCCCC. The Morgan fingerprint density at radius 2 is 0.803 bits per heavy atom. The van der Waals surface area contributed by atoms with Crippen LogP contribution in [0.4, 0.5) is 0 Å². The smallest absolute Gasteiger partial charge is 0.462 e. The Balaban J connectivity index is 4.02. The third-order valence-corrected chi connectivity index (χ3v) is 12.3. The first kappa shape index (κ1) is 59.5. The molecule has 0 aromatic carbocycles. The lowest BCUT2D eigenvalue weighted by atomic mass is 10.0. The summed E-state index contributed by atoms with van der Waals surface area (Å²) in [6.07, 6.45) is 53.5. The highest BCUT2D eigenvalue weighted by atomic mass is 31.2. The van der Waals surface area contributed by atoms with Crippen molar-refractivity contribution >= 4 is 19.8 Å². The summed E-state index contributed by atoms with van der Waals surface area (Å²) in [6.45, 7) is 3.77. The third kappa shape index (κ3) is 47.8. The van der Waals surface area contributed by atoms with Crippen molar-refractivity contribution in [2.75, 3.05) is 26.4 Å². The Kier molecular flexibility index (Phi) is 46.8. The zero-order valence-electron chi connectivity index (χ0n) is 39.9. The highest BCUT2D eigenvalue weighted by Crippen LogP contribution is 2.43. The van der Waals surface area contributed by atoms with E-state index in [0.29, 0.717) is 6.42 Å². The highest BCUT2D eigenvalue weighted by Gasteiger charge is 2.26. The fraction of sp³-hybridized carbons (Fsp3) is 0.882. The largest absolute Gasteiger partial charge is 0.472 e. The van der Waals surface area contributed by atoms with E-state index in [1.54, 1.807) is 0 Å². The number of rotatable bonds is 49. The number of hydrogen-bond donors (Lipinski definition) is 2. The predicted octanol–water partition coefficient (Wildman–Crippen LogP) is 15.5.